The molecule has 0 radical (unpaired) electrons. The number of aromatic nitrogens is 2. The highest BCUT2D eigenvalue weighted by atomic mass is 127. The summed E-state index contributed by atoms with van der Waals surface area (Å²) in [6.07, 6.45) is -1.50. The lowest BCUT2D eigenvalue weighted by atomic mass is 9.95. The number of aryl methyl sites for hydroxylation is 1. The normalized spacial score (nSPS) is 15.7. The van der Waals surface area contributed by atoms with Crippen molar-refractivity contribution in [3.05, 3.63) is 53.1 Å². The molecule has 0 aliphatic heterocycles. The molecule has 5 nitrogen and oxygen atoms in total. The molecule has 0 saturated heterocycles. The topological polar surface area (TPSA) is 54.2 Å². The van der Waals surface area contributed by atoms with Gasteiger partial charge in [0, 0.05) is 44.4 Å². The zero-order chi connectivity index (χ0) is 19.7. The van der Waals surface area contributed by atoms with E-state index in [2.05, 4.69) is 20.7 Å². The van der Waals surface area contributed by atoms with E-state index in [9.17, 15) is 17.6 Å². The number of alkyl halides is 3. The van der Waals surface area contributed by atoms with Crippen molar-refractivity contribution in [2.24, 2.45) is 12.0 Å². The minimum absolute atomic E-state index is 0. The first-order chi connectivity index (χ1) is 12.7. The van der Waals surface area contributed by atoms with Crippen LogP contribution in [0.5, 0.6) is 0 Å². The second kappa shape index (κ2) is 8.66. The average molecular weight is 511 g/mol. The predicted molar refractivity (Wildman–Crippen MR) is 109 cm³/mol. The van der Waals surface area contributed by atoms with E-state index in [1.807, 2.05) is 0 Å². The molecule has 1 saturated carbocycles. The summed E-state index contributed by atoms with van der Waals surface area (Å²) < 4.78 is 54.3. The Morgan fingerprint density at radius 3 is 2.50 bits per heavy atom. The molecule has 1 fully saturated rings. The van der Waals surface area contributed by atoms with Gasteiger partial charge in [-0.15, -0.1) is 24.0 Å². The lowest BCUT2D eigenvalue weighted by Crippen LogP contribution is -2.41. The number of nitrogens with one attached hydrogen (secondary N) is 2. The van der Waals surface area contributed by atoms with Crippen molar-refractivity contribution >= 4 is 29.9 Å². The van der Waals surface area contributed by atoms with E-state index in [1.165, 1.54) is 26.4 Å². The summed E-state index contributed by atoms with van der Waals surface area (Å²) >= 11 is 0. The van der Waals surface area contributed by atoms with Crippen LogP contribution in [0.2, 0.25) is 0 Å². The first-order valence-corrected chi connectivity index (χ1v) is 8.54. The van der Waals surface area contributed by atoms with Crippen LogP contribution in [0.4, 0.5) is 17.6 Å². The minimum Gasteiger partial charge on any atom is -0.356 e. The zero-order valence-electron chi connectivity index (χ0n) is 15.5. The van der Waals surface area contributed by atoms with Crippen molar-refractivity contribution < 1.29 is 17.6 Å². The molecular weight excluding hydrogens is 489 g/mol. The van der Waals surface area contributed by atoms with E-state index >= 15 is 0 Å². The molecule has 2 aromatic rings. The highest BCUT2D eigenvalue weighted by Gasteiger charge is 2.45. The summed E-state index contributed by atoms with van der Waals surface area (Å²) in [6, 6.07) is 6.65. The third-order valence-corrected chi connectivity index (χ3v) is 4.74. The van der Waals surface area contributed by atoms with Gasteiger partial charge in [0.15, 0.2) is 11.7 Å². The molecule has 1 aromatic heterocycles. The second-order valence-electron chi connectivity index (χ2n) is 6.71. The quantitative estimate of drug-likeness (QED) is 0.279. The van der Waals surface area contributed by atoms with E-state index in [1.54, 1.807) is 18.2 Å². The Morgan fingerprint density at radius 2 is 1.93 bits per heavy atom. The van der Waals surface area contributed by atoms with Crippen LogP contribution >= 0.6 is 24.0 Å². The number of nitrogens with zero attached hydrogens (tertiary/aromatic N) is 3. The van der Waals surface area contributed by atoms with Crippen molar-refractivity contribution in [1.82, 2.24) is 20.4 Å². The first-order valence-electron chi connectivity index (χ1n) is 8.54. The monoisotopic (exact) mass is 511 g/mol. The third-order valence-electron chi connectivity index (χ3n) is 4.74. The molecule has 2 N–H and O–H groups in total. The maximum Gasteiger partial charge on any atom is 0.435 e. The van der Waals surface area contributed by atoms with Crippen molar-refractivity contribution in [3.8, 4) is 0 Å². The van der Waals surface area contributed by atoms with Gasteiger partial charge >= 0.3 is 6.18 Å². The Morgan fingerprint density at radius 1 is 1.25 bits per heavy atom. The van der Waals surface area contributed by atoms with Crippen LogP contribution in [0.1, 0.15) is 29.7 Å². The summed E-state index contributed by atoms with van der Waals surface area (Å²) in [7, 11) is 2.98. The molecule has 1 heterocycles. The van der Waals surface area contributed by atoms with E-state index in [0.717, 1.165) is 17.5 Å². The molecule has 0 bridgehead atoms. The number of hydrogen-bond donors (Lipinski definition) is 2. The van der Waals surface area contributed by atoms with Crippen molar-refractivity contribution in [3.63, 3.8) is 0 Å². The van der Waals surface area contributed by atoms with E-state index in [0.29, 0.717) is 18.1 Å². The molecular formula is C18H22F4IN5. The van der Waals surface area contributed by atoms with Crippen LogP contribution in [0.3, 0.4) is 0 Å². The Hall–Kier alpha value is -1.85. The zero-order valence-corrected chi connectivity index (χ0v) is 17.8. The van der Waals surface area contributed by atoms with E-state index in [-0.39, 0.29) is 47.3 Å². The Kier molecular flexibility index (Phi) is 6.94. The lowest BCUT2D eigenvalue weighted by Gasteiger charge is -2.19. The number of guanidine groups is 1. The van der Waals surface area contributed by atoms with Gasteiger partial charge in [-0.1, -0.05) is 18.2 Å². The highest BCUT2D eigenvalue weighted by molar-refractivity contribution is 14.0. The van der Waals surface area contributed by atoms with Crippen molar-refractivity contribution in [2.45, 2.75) is 31.0 Å². The van der Waals surface area contributed by atoms with Gasteiger partial charge in [-0.05, 0) is 24.5 Å². The van der Waals surface area contributed by atoms with Gasteiger partial charge in [0.05, 0.1) is 0 Å². The number of benzene rings is 1. The largest absolute Gasteiger partial charge is 0.435 e. The smallest absolute Gasteiger partial charge is 0.356 e. The Labute approximate surface area is 177 Å². The van der Waals surface area contributed by atoms with Gasteiger partial charge in [0.2, 0.25) is 0 Å². The molecule has 0 spiro atoms. The summed E-state index contributed by atoms with van der Waals surface area (Å²) in [5.74, 6) is 0.111. The van der Waals surface area contributed by atoms with Crippen molar-refractivity contribution in [1.29, 1.82) is 0 Å². The lowest BCUT2D eigenvalue weighted by molar-refractivity contribution is -0.142. The number of hydrogen-bond acceptors (Lipinski definition) is 2. The van der Waals surface area contributed by atoms with E-state index in [4.69, 9.17) is 0 Å². The Bertz CT molecular complexity index is 843. The molecule has 1 aliphatic carbocycles. The number of halogens is 5. The van der Waals surface area contributed by atoms with Crippen LogP contribution < -0.4 is 10.6 Å². The summed E-state index contributed by atoms with van der Waals surface area (Å²) in [5.41, 5.74) is -0.533. The van der Waals surface area contributed by atoms with Gasteiger partial charge in [0.1, 0.15) is 5.82 Å². The molecule has 154 valence electrons. The number of aliphatic imine (C=N–C) groups is 1. The molecule has 0 amide bonds. The van der Waals surface area contributed by atoms with Gasteiger partial charge in [-0.25, -0.2) is 4.39 Å². The second-order valence-corrected chi connectivity index (χ2v) is 6.71. The molecule has 0 unspecified atom stereocenters. The van der Waals surface area contributed by atoms with Gasteiger partial charge in [-0.3, -0.25) is 9.67 Å². The average Bonchev–Trinajstić information content (AvgIpc) is 3.29. The molecule has 1 aliphatic rings. The fourth-order valence-corrected chi connectivity index (χ4v) is 3.14. The highest BCUT2D eigenvalue weighted by Crippen LogP contribution is 2.48. The first kappa shape index (κ1) is 22.4. The van der Waals surface area contributed by atoms with Crippen LogP contribution in [0.25, 0.3) is 0 Å². The van der Waals surface area contributed by atoms with Crippen LogP contribution in [0.15, 0.2) is 35.5 Å². The van der Waals surface area contributed by atoms with Gasteiger partial charge in [-0.2, -0.15) is 18.3 Å². The fraction of sp³-hybridized carbons (Fsp3) is 0.444. The predicted octanol–water partition coefficient (Wildman–Crippen LogP) is 3.59. The standard InChI is InChI=1S/C18H21F4N5.HI/c1-23-16(24-9-12-10-27(2)26-15(12)18(20,21)22)25-11-17(7-8-17)13-5-3-4-6-14(13)19;/h3-6,10H,7-9,11H2,1-2H3,(H2,23,24,25);1H. The van der Waals surface area contributed by atoms with E-state index < -0.39 is 11.9 Å². The van der Waals surface area contributed by atoms with Gasteiger partial charge in [0.25, 0.3) is 0 Å². The fourth-order valence-electron chi connectivity index (χ4n) is 3.14. The maximum atomic E-state index is 14.1. The third kappa shape index (κ3) is 4.95. The summed E-state index contributed by atoms with van der Waals surface area (Å²) in [6.45, 7) is 0.377. The van der Waals surface area contributed by atoms with Crippen molar-refractivity contribution in [2.75, 3.05) is 13.6 Å². The maximum absolute atomic E-state index is 14.1. The Balaban J connectivity index is 0.00000280. The summed E-state index contributed by atoms with van der Waals surface area (Å²) in [4.78, 5) is 4.04. The minimum atomic E-state index is -4.52. The molecule has 3 rings (SSSR count). The van der Waals surface area contributed by atoms with Crippen LogP contribution in [-0.4, -0.2) is 29.3 Å². The SMILES string of the molecule is CN=C(NCc1cn(C)nc1C(F)(F)F)NCC1(c2ccccc2F)CC1.I. The van der Waals surface area contributed by atoms with Crippen LogP contribution in [0, 0.1) is 5.82 Å². The van der Waals surface area contributed by atoms with Gasteiger partial charge < -0.3 is 10.6 Å². The molecule has 10 heteroatoms. The molecule has 0 atom stereocenters. The summed E-state index contributed by atoms with van der Waals surface area (Å²) in [5, 5.41) is 9.45. The molecule has 28 heavy (non-hydrogen) atoms. The van der Waals surface area contributed by atoms with Crippen LogP contribution in [-0.2, 0) is 25.2 Å². The molecule has 1 aromatic carbocycles. The number of rotatable bonds is 5.